The fourth-order valence-electron chi connectivity index (χ4n) is 2.55. The van der Waals surface area contributed by atoms with Gasteiger partial charge >= 0.3 is 0 Å². The molecule has 3 heteroatoms. The van der Waals surface area contributed by atoms with Crippen LogP contribution in [0.3, 0.4) is 0 Å². The molecule has 1 aliphatic heterocycles. The van der Waals surface area contributed by atoms with E-state index < -0.39 is 0 Å². The molecule has 1 unspecified atom stereocenters. The minimum Gasteiger partial charge on any atom is -0.382 e. The van der Waals surface area contributed by atoms with Crippen LogP contribution in [0.15, 0.2) is 0 Å². The first-order valence-corrected chi connectivity index (χ1v) is 7.41. The Morgan fingerprint density at radius 2 is 2.18 bits per heavy atom. The van der Waals surface area contributed by atoms with Crippen LogP contribution < -0.4 is 5.32 Å². The molecule has 17 heavy (non-hydrogen) atoms. The molecule has 1 N–H and O–H groups in total. The lowest BCUT2D eigenvalue weighted by molar-refractivity contribution is 0.105. The number of nitrogens with zero attached hydrogens (tertiary/aromatic N) is 1. The highest BCUT2D eigenvalue weighted by atomic mass is 16.5. The summed E-state index contributed by atoms with van der Waals surface area (Å²) in [5.41, 5.74) is 0. The van der Waals surface area contributed by atoms with Crippen molar-refractivity contribution in [2.75, 3.05) is 39.4 Å². The zero-order valence-corrected chi connectivity index (χ0v) is 11.7. The summed E-state index contributed by atoms with van der Waals surface area (Å²) in [4.78, 5) is 2.66. The standard InChI is InChI=1S/C14H30N2O/c1-3-9-15-13-14-8-5-6-10-16(14)11-7-12-17-4-2/h14-15H,3-13H2,1-2H3. The van der Waals surface area contributed by atoms with Crippen molar-refractivity contribution in [1.82, 2.24) is 10.2 Å². The highest BCUT2D eigenvalue weighted by Crippen LogP contribution is 2.16. The average Bonchev–Trinajstić information content (AvgIpc) is 2.36. The molecule has 1 fully saturated rings. The summed E-state index contributed by atoms with van der Waals surface area (Å²) >= 11 is 0. The van der Waals surface area contributed by atoms with E-state index in [2.05, 4.69) is 24.1 Å². The number of rotatable bonds is 9. The molecule has 1 heterocycles. The number of hydrogen-bond donors (Lipinski definition) is 1. The van der Waals surface area contributed by atoms with Gasteiger partial charge in [-0.15, -0.1) is 0 Å². The van der Waals surface area contributed by atoms with Gasteiger partial charge in [0, 0.05) is 32.3 Å². The van der Waals surface area contributed by atoms with E-state index >= 15 is 0 Å². The highest BCUT2D eigenvalue weighted by Gasteiger charge is 2.21. The molecule has 0 aromatic carbocycles. The van der Waals surface area contributed by atoms with Gasteiger partial charge in [-0.3, -0.25) is 4.90 Å². The molecular weight excluding hydrogens is 212 g/mol. The normalized spacial score (nSPS) is 21.9. The largest absolute Gasteiger partial charge is 0.382 e. The van der Waals surface area contributed by atoms with Crippen LogP contribution in [0.1, 0.15) is 46.0 Å². The van der Waals surface area contributed by atoms with Gasteiger partial charge in [-0.2, -0.15) is 0 Å². The van der Waals surface area contributed by atoms with Crippen molar-refractivity contribution >= 4 is 0 Å². The third kappa shape index (κ3) is 6.39. The van der Waals surface area contributed by atoms with Crippen molar-refractivity contribution < 1.29 is 4.74 Å². The Hall–Kier alpha value is -0.120. The van der Waals surface area contributed by atoms with Gasteiger partial charge in [0.1, 0.15) is 0 Å². The lowest BCUT2D eigenvalue weighted by atomic mass is 10.0. The third-order valence-electron chi connectivity index (χ3n) is 3.49. The maximum atomic E-state index is 5.42. The summed E-state index contributed by atoms with van der Waals surface area (Å²) in [6, 6.07) is 0.761. The van der Waals surface area contributed by atoms with Crippen LogP contribution in [0.25, 0.3) is 0 Å². The van der Waals surface area contributed by atoms with Crippen LogP contribution in [0.2, 0.25) is 0 Å². The summed E-state index contributed by atoms with van der Waals surface area (Å²) in [5, 5.41) is 3.56. The number of nitrogens with one attached hydrogen (secondary N) is 1. The van der Waals surface area contributed by atoms with Crippen LogP contribution in [-0.4, -0.2) is 50.3 Å². The Bertz CT molecular complexity index is 176. The first kappa shape index (κ1) is 14.9. The molecule has 0 amide bonds. The van der Waals surface area contributed by atoms with E-state index in [0.717, 1.165) is 25.8 Å². The van der Waals surface area contributed by atoms with E-state index in [1.807, 2.05) is 0 Å². The fraction of sp³-hybridized carbons (Fsp3) is 1.00. The number of hydrogen-bond acceptors (Lipinski definition) is 3. The Morgan fingerprint density at radius 1 is 1.29 bits per heavy atom. The summed E-state index contributed by atoms with van der Waals surface area (Å²) in [6.45, 7) is 10.9. The average molecular weight is 242 g/mol. The highest BCUT2D eigenvalue weighted by molar-refractivity contribution is 4.78. The predicted molar refractivity (Wildman–Crippen MR) is 73.5 cm³/mol. The van der Waals surface area contributed by atoms with E-state index in [9.17, 15) is 0 Å². The first-order chi connectivity index (χ1) is 8.38. The lowest BCUT2D eigenvalue weighted by Crippen LogP contribution is -2.46. The summed E-state index contributed by atoms with van der Waals surface area (Å²) < 4.78 is 5.42. The number of piperidine rings is 1. The van der Waals surface area contributed by atoms with Gasteiger partial charge in [0.2, 0.25) is 0 Å². The van der Waals surface area contributed by atoms with Crippen molar-refractivity contribution in [3.63, 3.8) is 0 Å². The van der Waals surface area contributed by atoms with E-state index in [0.29, 0.717) is 0 Å². The molecule has 102 valence electrons. The number of ether oxygens (including phenoxy) is 1. The minimum absolute atomic E-state index is 0.761. The van der Waals surface area contributed by atoms with Crippen molar-refractivity contribution in [3.05, 3.63) is 0 Å². The van der Waals surface area contributed by atoms with Crippen LogP contribution in [0.5, 0.6) is 0 Å². The third-order valence-corrected chi connectivity index (χ3v) is 3.49. The maximum Gasteiger partial charge on any atom is 0.0478 e. The van der Waals surface area contributed by atoms with Gasteiger partial charge in [0.15, 0.2) is 0 Å². The zero-order valence-electron chi connectivity index (χ0n) is 11.7. The Labute approximate surface area is 107 Å². The zero-order chi connectivity index (χ0) is 12.3. The molecule has 1 saturated heterocycles. The molecule has 0 bridgehead atoms. The predicted octanol–water partition coefficient (Wildman–Crippen LogP) is 2.27. The molecular formula is C14H30N2O. The number of likely N-dealkylation sites (tertiary alicyclic amines) is 1. The SMILES string of the molecule is CCCNCC1CCCCN1CCCOCC. The Kier molecular flexibility index (Phi) is 8.67. The molecule has 1 rings (SSSR count). The Balaban J connectivity index is 2.17. The van der Waals surface area contributed by atoms with E-state index in [1.165, 1.54) is 51.7 Å². The molecule has 0 radical (unpaired) electrons. The molecule has 3 nitrogen and oxygen atoms in total. The van der Waals surface area contributed by atoms with Crippen LogP contribution in [0, 0.1) is 0 Å². The maximum absolute atomic E-state index is 5.42. The van der Waals surface area contributed by atoms with Crippen molar-refractivity contribution in [2.45, 2.75) is 52.0 Å². The molecule has 0 saturated carbocycles. The smallest absolute Gasteiger partial charge is 0.0478 e. The van der Waals surface area contributed by atoms with Crippen molar-refractivity contribution in [3.8, 4) is 0 Å². The monoisotopic (exact) mass is 242 g/mol. The Morgan fingerprint density at radius 3 is 2.94 bits per heavy atom. The fourth-order valence-corrected chi connectivity index (χ4v) is 2.55. The quantitative estimate of drug-likeness (QED) is 0.628. The van der Waals surface area contributed by atoms with E-state index in [-0.39, 0.29) is 0 Å². The van der Waals surface area contributed by atoms with Gasteiger partial charge in [0.05, 0.1) is 0 Å². The lowest BCUT2D eigenvalue weighted by Gasteiger charge is -2.36. The second-order valence-electron chi connectivity index (χ2n) is 4.94. The summed E-state index contributed by atoms with van der Waals surface area (Å²) in [6.07, 6.45) is 6.56. The van der Waals surface area contributed by atoms with Crippen molar-refractivity contribution in [1.29, 1.82) is 0 Å². The minimum atomic E-state index is 0.761. The van der Waals surface area contributed by atoms with Gasteiger partial charge in [-0.1, -0.05) is 13.3 Å². The molecule has 0 spiro atoms. The van der Waals surface area contributed by atoms with Gasteiger partial charge < -0.3 is 10.1 Å². The first-order valence-electron chi connectivity index (χ1n) is 7.41. The molecule has 1 atom stereocenters. The van der Waals surface area contributed by atoms with Gasteiger partial charge in [0.25, 0.3) is 0 Å². The van der Waals surface area contributed by atoms with Crippen LogP contribution in [0.4, 0.5) is 0 Å². The van der Waals surface area contributed by atoms with Crippen LogP contribution in [-0.2, 0) is 4.74 Å². The summed E-state index contributed by atoms with van der Waals surface area (Å²) in [7, 11) is 0. The van der Waals surface area contributed by atoms with E-state index in [1.54, 1.807) is 0 Å². The summed E-state index contributed by atoms with van der Waals surface area (Å²) in [5.74, 6) is 0. The van der Waals surface area contributed by atoms with Gasteiger partial charge in [-0.25, -0.2) is 0 Å². The van der Waals surface area contributed by atoms with Crippen molar-refractivity contribution in [2.24, 2.45) is 0 Å². The second kappa shape index (κ2) is 9.86. The molecule has 0 aromatic heterocycles. The van der Waals surface area contributed by atoms with Gasteiger partial charge in [-0.05, 0) is 45.7 Å². The molecule has 0 aromatic rings. The topological polar surface area (TPSA) is 24.5 Å². The van der Waals surface area contributed by atoms with Crippen LogP contribution >= 0.6 is 0 Å². The second-order valence-corrected chi connectivity index (χ2v) is 4.94. The van der Waals surface area contributed by atoms with E-state index in [4.69, 9.17) is 4.74 Å². The molecule has 1 aliphatic rings. The molecule has 0 aliphatic carbocycles.